The molecule has 4 rings (SSSR count). The number of aromatic nitrogens is 2. The molecule has 0 bridgehead atoms. The van der Waals surface area contributed by atoms with Gasteiger partial charge in [0.05, 0.1) is 12.2 Å². The second-order valence-corrected chi connectivity index (χ2v) is 7.84. The Balaban J connectivity index is 1.37. The van der Waals surface area contributed by atoms with Crippen LogP contribution in [-0.2, 0) is 19.4 Å². The molecule has 1 aliphatic heterocycles. The zero-order valence-electron chi connectivity index (χ0n) is 15.5. The summed E-state index contributed by atoms with van der Waals surface area (Å²) in [7, 11) is 0. The summed E-state index contributed by atoms with van der Waals surface area (Å²) in [6.45, 7) is 5.65. The molecule has 5 nitrogen and oxygen atoms in total. The van der Waals surface area contributed by atoms with Gasteiger partial charge in [-0.1, -0.05) is 44.2 Å². The first kappa shape index (κ1) is 17.0. The average Bonchev–Trinajstić information content (AvgIpc) is 3.40. The van der Waals surface area contributed by atoms with Crippen LogP contribution in [-0.4, -0.2) is 33.5 Å². The van der Waals surface area contributed by atoms with E-state index in [4.69, 9.17) is 4.98 Å². The lowest BCUT2D eigenvalue weighted by Gasteiger charge is -2.28. The zero-order valence-corrected chi connectivity index (χ0v) is 15.5. The Morgan fingerprint density at radius 1 is 1.31 bits per heavy atom. The van der Waals surface area contributed by atoms with Crippen molar-refractivity contribution < 1.29 is 4.79 Å². The summed E-state index contributed by atoms with van der Waals surface area (Å²) < 4.78 is 0. The molecule has 1 saturated carbocycles. The quantitative estimate of drug-likeness (QED) is 0.920. The minimum Gasteiger partial charge on any atom is -0.335 e. The number of benzene rings is 1. The van der Waals surface area contributed by atoms with Crippen molar-refractivity contribution >= 4 is 6.03 Å². The van der Waals surface area contributed by atoms with Gasteiger partial charge in [0.15, 0.2) is 0 Å². The van der Waals surface area contributed by atoms with Crippen LogP contribution in [0.4, 0.5) is 4.79 Å². The van der Waals surface area contributed by atoms with Crippen molar-refractivity contribution in [3.05, 3.63) is 59.2 Å². The number of fused-ring (bicyclic) bond motifs is 1. The molecule has 2 amide bonds. The molecule has 0 unspecified atom stereocenters. The Morgan fingerprint density at radius 3 is 2.88 bits per heavy atom. The van der Waals surface area contributed by atoms with E-state index in [0.717, 1.165) is 37.3 Å². The van der Waals surface area contributed by atoms with E-state index in [1.54, 1.807) is 0 Å². The van der Waals surface area contributed by atoms with Gasteiger partial charge in [0.25, 0.3) is 0 Å². The molecule has 2 aliphatic rings. The minimum atomic E-state index is 0.0307. The first-order chi connectivity index (χ1) is 12.6. The van der Waals surface area contributed by atoms with E-state index < -0.39 is 0 Å². The lowest BCUT2D eigenvalue weighted by Crippen LogP contribution is -2.44. The maximum absolute atomic E-state index is 12.7. The van der Waals surface area contributed by atoms with Crippen LogP contribution in [0.15, 0.2) is 36.5 Å². The maximum Gasteiger partial charge on any atom is 0.317 e. The summed E-state index contributed by atoms with van der Waals surface area (Å²) in [5.41, 5.74) is 3.50. The van der Waals surface area contributed by atoms with Crippen molar-refractivity contribution in [2.24, 2.45) is 5.92 Å². The molecule has 2 aromatic rings. The fraction of sp³-hybridized carbons (Fsp3) is 0.476. The van der Waals surface area contributed by atoms with Gasteiger partial charge in [-0.05, 0) is 29.9 Å². The van der Waals surface area contributed by atoms with Gasteiger partial charge in [0, 0.05) is 31.1 Å². The Kier molecular flexibility index (Phi) is 4.62. The van der Waals surface area contributed by atoms with E-state index in [1.807, 2.05) is 17.2 Å². The zero-order chi connectivity index (χ0) is 18.1. The fourth-order valence-electron chi connectivity index (χ4n) is 3.65. The average molecular weight is 350 g/mol. The van der Waals surface area contributed by atoms with Crippen molar-refractivity contribution in [1.82, 2.24) is 20.2 Å². The van der Waals surface area contributed by atoms with E-state index in [9.17, 15) is 4.79 Å². The minimum absolute atomic E-state index is 0.0307. The number of rotatable bonds is 4. The topological polar surface area (TPSA) is 58.1 Å². The Labute approximate surface area is 154 Å². The van der Waals surface area contributed by atoms with Crippen LogP contribution >= 0.6 is 0 Å². The number of nitrogens with one attached hydrogen (secondary N) is 1. The van der Waals surface area contributed by atoms with Gasteiger partial charge in [0.2, 0.25) is 0 Å². The van der Waals surface area contributed by atoms with Crippen molar-refractivity contribution in [2.45, 2.75) is 51.6 Å². The second-order valence-electron chi connectivity index (χ2n) is 7.84. The smallest absolute Gasteiger partial charge is 0.317 e. The number of urea groups is 1. The molecule has 1 aliphatic carbocycles. The SMILES string of the molecule is CC(C)Cc1ncc2c(n1)CN(C(=O)N[C@@H]1C[C@H]1c1ccccc1)CC2. The number of carbonyl (C=O) groups is 1. The molecule has 0 spiro atoms. The molecule has 0 saturated heterocycles. The van der Waals surface area contributed by atoms with Gasteiger partial charge in [-0.25, -0.2) is 14.8 Å². The third kappa shape index (κ3) is 3.71. The summed E-state index contributed by atoms with van der Waals surface area (Å²) >= 11 is 0. The number of hydrogen-bond donors (Lipinski definition) is 1. The highest BCUT2D eigenvalue weighted by Crippen LogP contribution is 2.40. The summed E-state index contributed by atoms with van der Waals surface area (Å²) in [6.07, 6.45) is 4.68. The van der Waals surface area contributed by atoms with Crippen molar-refractivity contribution in [3.8, 4) is 0 Å². The summed E-state index contributed by atoms with van der Waals surface area (Å²) in [5, 5.41) is 3.19. The summed E-state index contributed by atoms with van der Waals surface area (Å²) in [4.78, 5) is 23.7. The molecule has 1 fully saturated rings. The number of nitrogens with zero attached hydrogens (tertiary/aromatic N) is 3. The van der Waals surface area contributed by atoms with Crippen molar-refractivity contribution in [2.75, 3.05) is 6.54 Å². The highest BCUT2D eigenvalue weighted by atomic mass is 16.2. The van der Waals surface area contributed by atoms with Crippen LogP contribution in [0.25, 0.3) is 0 Å². The van der Waals surface area contributed by atoms with Crippen LogP contribution in [0.3, 0.4) is 0 Å². The van der Waals surface area contributed by atoms with Gasteiger partial charge in [-0.3, -0.25) is 0 Å². The predicted octanol–water partition coefficient (Wildman–Crippen LogP) is 3.30. The van der Waals surface area contributed by atoms with Crippen molar-refractivity contribution in [1.29, 1.82) is 0 Å². The third-order valence-electron chi connectivity index (χ3n) is 5.20. The fourth-order valence-corrected chi connectivity index (χ4v) is 3.65. The van der Waals surface area contributed by atoms with Crippen molar-refractivity contribution in [3.63, 3.8) is 0 Å². The van der Waals surface area contributed by atoms with E-state index >= 15 is 0 Å². The molecule has 2 atom stereocenters. The van der Waals surface area contributed by atoms with E-state index in [0.29, 0.717) is 18.4 Å². The van der Waals surface area contributed by atoms with E-state index in [-0.39, 0.29) is 12.1 Å². The van der Waals surface area contributed by atoms with Gasteiger partial charge in [-0.15, -0.1) is 0 Å². The third-order valence-corrected chi connectivity index (χ3v) is 5.20. The largest absolute Gasteiger partial charge is 0.335 e. The molecule has 1 aromatic carbocycles. The van der Waals surface area contributed by atoms with Crippen LogP contribution in [0, 0.1) is 5.92 Å². The Morgan fingerprint density at radius 2 is 2.12 bits per heavy atom. The summed E-state index contributed by atoms with van der Waals surface area (Å²) in [5.74, 6) is 1.87. The number of hydrogen-bond acceptors (Lipinski definition) is 3. The molecule has 0 radical (unpaired) electrons. The highest BCUT2D eigenvalue weighted by Gasteiger charge is 2.40. The predicted molar refractivity (Wildman–Crippen MR) is 101 cm³/mol. The molecule has 26 heavy (non-hydrogen) atoms. The van der Waals surface area contributed by atoms with Gasteiger partial charge in [-0.2, -0.15) is 0 Å². The molecule has 2 heterocycles. The lowest BCUT2D eigenvalue weighted by atomic mass is 10.1. The molecular formula is C21H26N4O. The second kappa shape index (κ2) is 7.06. The van der Waals surface area contributed by atoms with Crippen LogP contribution in [0.1, 0.15) is 48.8 Å². The van der Waals surface area contributed by atoms with Gasteiger partial charge in [0.1, 0.15) is 5.82 Å². The Hall–Kier alpha value is -2.43. The maximum atomic E-state index is 12.7. The highest BCUT2D eigenvalue weighted by molar-refractivity contribution is 5.75. The monoisotopic (exact) mass is 350 g/mol. The molecule has 1 N–H and O–H groups in total. The molecule has 5 heteroatoms. The molecular weight excluding hydrogens is 324 g/mol. The van der Waals surface area contributed by atoms with Crippen LogP contribution in [0.2, 0.25) is 0 Å². The standard InChI is InChI=1S/C21H26N4O/c1-14(2)10-20-22-12-16-8-9-25(13-19(16)23-20)21(26)24-18-11-17(18)15-6-4-3-5-7-15/h3-7,12,14,17-18H,8-11,13H2,1-2H3,(H,24,26)/t17-,18+/m0/s1. The van der Waals surface area contributed by atoms with Crippen LogP contribution < -0.4 is 5.32 Å². The molecule has 1 aromatic heterocycles. The molecule has 136 valence electrons. The first-order valence-corrected chi connectivity index (χ1v) is 9.54. The van der Waals surface area contributed by atoms with Gasteiger partial charge < -0.3 is 10.2 Å². The van der Waals surface area contributed by atoms with E-state index in [2.05, 4.69) is 48.4 Å². The number of amides is 2. The van der Waals surface area contributed by atoms with E-state index in [1.165, 1.54) is 11.1 Å². The summed E-state index contributed by atoms with van der Waals surface area (Å²) in [6, 6.07) is 10.7. The van der Waals surface area contributed by atoms with Crippen LogP contribution in [0.5, 0.6) is 0 Å². The lowest BCUT2D eigenvalue weighted by molar-refractivity contribution is 0.190. The Bertz CT molecular complexity index is 790. The van der Waals surface area contributed by atoms with Gasteiger partial charge >= 0.3 is 6.03 Å². The first-order valence-electron chi connectivity index (χ1n) is 9.54. The number of carbonyl (C=O) groups excluding carboxylic acids is 1. The normalized spacial score (nSPS) is 21.4.